The van der Waals surface area contributed by atoms with Crippen LogP contribution in [0.25, 0.3) is 21.9 Å². The number of hydrogen-bond acceptors (Lipinski definition) is 3. The number of nitrogens with one attached hydrogen (secondary N) is 1. The minimum atomic E-state index is 0.548. The van der Waals surface area contributed by atoms with Crippen LogP contribution < -0.4 is 0 Å². The van der Waals surface area contributed by atoms with Crippen molar-refractivity contribution in [3.8, 4) is 0 Å². The molecule has 0 saturated heterocycles. The van der Waals surface area contributed by atoms with E-state index in [0.29, 0.717) is 11.8 Å². The Morgan fingerprint density at radius 2 is 1.80 bits per heavy atom. The Bertz CT molecular complexity index is 945. The minimum absolute atomic E-state index is 0.548. The van der Waals surface area contributed by atoms with E-state index >= 15 is 0 Å². The van der Waals surface area contributed by atoms with Gasteiger partial charge in [-0.3, -0.25) is 4.98 Å². The Hall–Kier alpha value is -2.69. The largest absolute Gasteiger partial charge is 0.358 e. The van der Waals surface area contributed by atoms with E-state index in [-0.39, 0.29) is 0 Å². The molecule has 1 aromatic carbocycles. The van der Waals surface area contributed by atoms with Crippen LogP contribution in [0, 0.1) is 0 Å². The Morgan fingerprint density at radius 1 is 1.00 bits per heavy atom. The number of pyridine rings is 1. The maximum Gasteiger partial charge on any atom is 0.113 e. The fraction of sp³-hybridized carbons (Fsp3) is 0.350. The molecule has 0 amide bonds. The third kappa shape index (κ3) is 3.71. The van der Waals surface area contributed by atoms with Crippen LogP contribution in [-0.2, 0) is 7.05 Å². The number of aromatic amines is 1. The smallest absolute Gasteiger partial charge is 0.113 e. The van der Waals surface area contributed by atoms with Gasteiger partial charge in [-0.2, -0.15) is 0 Å². The highest BCUT2D eigenvalue weighted by Gasteiger charge is 2.04. The first-order chi connectivity index (χ1) is 12.0. The zero-order valence-corrected chi connectivity index (χ0v) is 15.5. The van der Waals surface area contributed by atoms with Crippen molar-refractivity contribution in [2.45, 2.75) is 39.5 Å². The summed E-state index contributed by atoms with van der Waals surface area (Å²) in [4.78, 5) is 7.42. The van der Waals surface area contributed by atoms with Gasteiger partial charge in [-0.05, 0) is 41.7 Å². The van der Waals surface area contributed by atoms with E-state index in [1.54, 1.807) is 4.68 Å². The zero-order valence-electron chi connectivity index (χ0n) is 15.5. The molecule has 4 rings (SSSR count). The van der Waals surface area contributed by atoms with Gasteiger partial charge < -0.3 is 4.98 Å². The molecule has 1 N–H and O–H groups in total. The SMILES string of the molecule is CC(C)c1cc2cnccc2[nH]1.CC(C)c1ccc2c(c1)nnn2C. The van der Waals surface area contributed by atoms with Crippen molar-refractivity contribution in [2.75, 3.05) is 0 Å². The molecule has 5 nitrogen and oxygen atoms in total. The molecule has 3 heterocycles. The third-order valence-corrected chi connectivity index (χ3v) is 4.37. The van der Waals surface area contributed by atoms with Crippen LogP contribution in [-0.4, -0.2) is 25.0 Å². The highest BCUT2D eigenvalue weighted by molar-refractivity contribution is 5.79. The minimum Gasteiger partial charge on any atom is -0.358 e. The van der Waals surface area contributed by atoms with Gasteiger partial charge in [0.05, 0.1) is 5.52 Å². The number of H-pyrrole nitrogens is 1. The fourth-order valence-electron chi connectivity index (χ4n) is 2.72. The lowest BCUT2D eigenvalue weighted by molar-refractivity contribution is 0.736. The second-order valence-electron chi connectivity index (χ2n) is 6.96. The summed E-state index contributed by atoms with van der Waals surface area (Å²) in [6.07, 6.45) is 3.70. The summed E-state index contributed by atoms with van der Waals surface area (Å²) in [6, 6.07) is 10.5. The standard InChI is InChI=1S/C10H13N3.C10H12N2/c1-7(2)8-4-5-10-9(6-8)11-12-13(10)3;1-7(2)10-5-8-6-11-4-3-9(8)12-10/h4-7H,1-3H3;3-7,12H,1-2H3. The van der Waals surface area contributed by atoms with Crippen molar-refractivity contribution >= 4 is 21.9 Å². The molecule has 0 atom stereocenters. The molecule has 0 aliphatic heterocycles. The maximum absolute atomic E-state index is 4.07. The Labute approximate surface area is 148 Å². The average Bonchev–Trinajstić information content (AvgIpc) is 3.19. The van der Waals surface area contributed by atoms with E-state index in [1.807, 2.05) is 25.5 Å². The predicted octanol–water partition coefficient (Wildman–Crippen LogP) is 4.78. The summed E-state index contributed by atoms with van der Waals surface area (Å²) in [5, 5.41) is 9.23. The predicted molar refractivity (Wildman–Crippen MR) is 103 cm³/mol. The number of nitrogens with zero attached hydrogens (tertiary/aromatic N) is 4. The summed E-state index contributed by atoms with van der Waals surface area (Å²) in [5.41, 5.74) is 5.83. The molecule has 25 heavy (non-hydrogen) atoms. The number of benzene rings is 1. The van der Waals surface area contributed by atoms with Crippen molar-refractivity contribution in [2.24, 2.45) is 7.05 Å². The summed E-state index contributed by atoms with van der Waals surface area (Å²) < 4.78 is 1.79. The monoisotopic (exact) mass is 335 g/mol. The third-order valence-electron chi connectivity index (χ3n) is 4.37. The van der Waals surface area contributed by atoms with Gasteiger partial charge >= 0.3 is 0 Å². The van der Waals surface area contributed by atoms with Crippen molar-refractivity contribution in [3.63, 3.8) is 0 Å². The van der Waals surface area contributed by atoms with Gasteiger partial charge in [-0.1, -0.05) is 39.0 Å². The van der Waals surface area contributed by atoms with E-state index in [9.17, 15) is 0 Å². The second-order valence-corrected chi connectivity index (χ2v) is 6.96. The molecular formula is C20H25N5. The van der Waals surface area contributed by atoms with Crippen LogP contribution >= 0.6 is 0 Å². The van der Waals surface area contributed by atoms with Gasteiger partial charge in [-0.25, -0.2) is 4.68 Å². The van der Waals surface area contributed by atoms with Gasteiger partial charge in [-0.15, -0.1) is 5.10 Å². The van der Waals surface area contributed by atoms with Gasteiger partial charge in [0.15, 0.2) is 0 Å². The molecule has 0 bridgehead atoms. The molecule has 3 aromatic heterocycles. The maximum atomic E-state index is 4.07. The van der Waals surface area contributed by atoms with Crippen molar-refractivity contribution in [1.82, 2.24) is 25.0 Å². The molecular weight excluding hydrogens is 310 g/mol. The normalized spacial score (nSPS) is 11.3. The average molecular weight is 335 g/mol. The van der Waals surface area contributed by atoms with E-state index in [4.69, 9.17) is 0 Å². The summed E-state index contributed by atoms with van der Waals surface area (Å²) >= 11 is 0. The van der Waals surface area contributed by atoms with Gasteiger partial charge in [0.2, 0.25) is 0 Å². The van der Waals surface area contributed by atoms with Crippen LogP contribution in [0.15, 0.2) is 42.7 Å². The quantitative estimate of drug-likeness (QED) is 0.573. The molecule has 0 aliphatic carbocycles. The van der Waals surface area contributed by atoms with Crippen molar-refractivity contribution < 1.29 is 0 Å². The summed E-state index contributed by atoms with van der Waals surface area (Å²) in [6.45, 7) is 8.71. The zero-order chi connectivity index (χ0) is 18.0. The first-order valence-corrected chi connectivity index (χ1v) is 8.67. The lowest BCUT2D eigenvalue weighted by Crippen LogP contribution is -1.90. The van der Waals surface area contributed by atoms with Crippen molar-refractivity contribution in [1.29, 1.82) is 0 Å². The molecule has 0 radical (unpaired) electrons. The molecule has 130 valence electrons. The second kappa shape index (κ2) is 7.05. The van der Waals surface area contributed by atoms with Gasteiger partial charge in [0.1, 0.15) is 5.52 Å². The van der Waals surface area contributed by atoms with E-state index < -0.39 is 0 Å². The molecule has 0 spiro atoms. The molecule has 5 heteroatoms. The topological polar surface area (TPSA) is 59.4 Å². The van der Waals surface area contributed by atoms with Crippen molar-refractivity contribution in [3.05, 3.63) is 54.0 Å². The highest BCUT2D eigenvalue weighted by atomic mass is 15.4. The molecule has 0 unspecified atom stereocenters. The first-order valence-electron chi connectivity index (χ1n) is 8.67. The van der Waals surface area contributed by atoms with Crippen LogP contribution in [0.4, 0.5) is 0 Å². The van der Waals surface area contributed by atoms with Crippen LogP contribution in [0.3, 0.4) is 0 Å². The number of aromatic nitrogens is 5. The number of aryl methyl sites for hydroxylation is 1. The number of hydrogen-bond donors (Lipinski definition) is 1. The molecule has 0 fully saturated rings. The Kier molecular flexibility index (Phi) is 4.83. The fourth-order valence-corrected chi connectivity index (χ4v) is 2.72. The number of rotatable bonds is 2. The summed E-state index contributed by atoms with van der Waals surface area (Å²) in [5.74, 6) is 1.10. The first kappa shape index (κ1) is 17.1. The van der Waals surface area contributed by atoms with Gasteiger partial charge in [0, 0.05) is 36.0 Å². The lowest BCUT2D eigenvalue weighted by Gasteiger charge is -2.03. The highest BCUT2D eigenvalue weighted by Crippen LogP contribution is 2.20. The molecule has 4 aromatic rings. The van der Waals surface area contributed by atoms with Crippen LogP contribution in [0.1, 0.15) is 50.8 Å². The Balaban J connectivity index is 0.000000146. The van der Waals surface area contributed by atoms with E-state index in [1.165, 1.54) is 22.2 Å². The van der Waals surface area contributed by atoms with Gasteiger partial charge in [0.25, 0.3) is 0 Å². The molecule has 0 saturated carbocycles. The lowest BCUT2D eigenvalue weighted by atomic mass is 10.0. The van der Waals surface area contributed by atoms with Crippen LogP contribution in [0.5, 0.6) is 0 Å². The molecule has 0 aliphatic rings. The van der Waals surface area contributed by atoms with Crippen LogP contribution in [0.2, 0.25) is 0 Å². The van der Waals surface area contributed by atoms with E-state index in [0.717, 1.165) is 11.0 Å². The number of fused-ring (bicyclic) bond motifs is 2. The Morgan fingerprint density at radius 3 is 2.48 bits per heavy atom. The summed E-state index contributed by atoms with van der Waals surface area (Å²) in [7, 11) is 1.91. The van der Waals surface area contributed by atoms with E-state index in [2.05, 4.69) is 72.2 Å².